The lowest BCUT2D eigenvalue weighted by atomic mass is 10.1. The molecule has 4 rings (SSSR count). The Kier molecular flexibility index (Phi) is 5.21. The van der Waals surface area contributed by atoms with E-state index in [1.54, 1.807) is 24.5 Å². The molecule has 0 saturated carbocycles. The minimum absolute atomic E-state index is 0.207. The van der Waals surface area contributed by atoms with Crippen LogP contribution in [0.4, 0.5) is 4.39 Å². The van der Waals surface area contributed by atoms with Gasteiger partial charge in [0.25, 0.3) is 0 Å². The number of halogens is 1. The molecular formula is C22H19FN4S. The van der Waals surface area contributed by atoms with Crippen molar-refractivity contribution in [3.05, 3.63) is 89.5 Å². The number of hydrogen-bond acceptors (Lipinski definition) is 4. The Balaban J connectivity index is 1.77. The molecule has 6 heteroatoms. The third-order valence-corrected chi connectivity index (χ3v) is 5.61. The summed E-state index contributed by atoms with van der Waals surface area (Å²) >= 11 is 1.47. The van der Waals surface area contributed by atoms with E-state index in [9.17, 15) is 4.39 Å². The molecule has 0 aliphatic heterocycles. The average Bonchev–Trinajstić information content (AvgIpc) is 3.14. The summed E-state index contributed by atoms with van der Waals surface area (Å²) in [5.41, 5.74) is 4.97. The highest BCUT2D eigenvalue weighted by Crippen LogP contribution is 2.30. The Bertz CT molecular complexity index is 1110. The van der Waals surface area contributed by atoms with E-state index in [0.717, 1.165) is 22.2 Å². The molecule has 0 aliphatic rings. The van der Waals surface area contributed by atoms with Crippen LogP contribution < -0.4 is 0 Å². The molecule has 0 spiro atoms. The molecule has 140 valence electrons. The number of aromatic nitrogens is 4. The number of hydrogen-bond donors (Lipinski definition) is 0. The Hall–Kier alpha value is -2.99. The van der Waals surface area contributed by atoms with E-state index in [2.05, 4.69) is 47.2 Å². The fourth-order valence-electron chi connectivity index (χ4n) is 2.91. The van der Waals surface area contributed by atoms with Gasteiger partial charge < -0.3 is 0 Å². The van der Waals surface area contributed by atoms with Gasteiger partial charge in [0.2, 0.25) is 0 Å². The van der Waals surface area contributed by atoms with E-state index in [1.807, 2.05) is 22.8 Å². The maximum absolute atomic E-state index is 14.0. The predicted octanol–water partition coefficient (Wildman–Crippen LogP) is 5.38. The zero-order valence-electron chi connectivity index (χ0n) is 15.6. The Labute approximate surface area is 167 Å². The number of benzene rings is 2. The van der Waals surface area contributed by atoms with Gasteiger partial charge in [-0.15, -0.1) is 10.2 Å². The van der Waals surface area contributed by atoms with Crippen molar-refractivity contribution in [2.45, 2.75) is 24.8 Å². The molecular weight excluding hydrogens is 371 g/mol. The van der Waals surface area contributed by atoms with Crippen LogP contribution in [0.1, 0.15) is 16.7 Å². The van der Waals surface area contributed by atoms with E-state index < -0.39 is 0 Å². The maximum Gasteiger partial charge on any atom is 0.196 e. The van der Waals surface area contributed by atoms with Gasteiger partial charge in [-0.2, -0.15) is 0 Å². The molecule has 2 heterocycles. The van der Waals surface area contributed by atoms with Crippen LogP contribution in [0.15, 0.2) is 72.1 Å². The van der Waals surface area contributed by atoms with Gasteiger partial charge in [-0.25, -0.2) is 4.39 Å². The topological polar surface area (TPSA) is 43.6 Å². The summed E-state index contributed by atoms with van der Waals surface area (Å²) < 4.78 is 16.0. The van der Waals surface area contributed by atoms with Gasteiger partial charge in [-0.05, 0) is 60.9 Å². The predicted molar refractivity (Wildman–Crippen MR) is 110 cm³/mol. The largest absolute Gasteiger partial charge is 0.270 e. The molecule has 0 unspecified atom stereocenters. The molecule has 0 radical (unpaired) electrons. The molecule has 0 saturated heterocycles. The second kappa shape index (κ2) is 7.94. The summed E-state index contributed by atoms with van der Waals surface area (Å²) in [6.45, 7) is 4.17. The fourth-order valence-corrected chi connectivity index (χ4v) is 3.84. The van der Waals surface area contributed by atoms with Crippen molar-refractivity contribution in [2.24, 2.45) is 0 Å². The zero-order valence-corrected chi connectivity index (χ0v) is 16.4. The minimum atomic E-state index is -0.207. The second-order valence-corrected chi connectivity index (χ2v) is 7.47. The smallest absolute Gasteiger partial charge is 0.196 e. The van der Waals surface area contributed by atoms with Crippen molar-refractivity contribution < 1.29 is 4.39 Å². The van der Waals surface area contributed by atoms with Crippen LogP contribution in [0.2, 0.25) is 0 Å². The lowest BCUT2D eigenvalue weighted by Crippen LogP contribution is -2.01. The number of rotatable bonds is 5. The summed E-state index contributed by atoms with van der Waals surface area (Å²) in [5, 5.41) is 9.54. The molecule has 0 bridgehead atoms. The fraction of sp³-hybridized carbons (Fsp3) is 0.136. The first-order chi connectivity index (χ1) is 13.6. The van der Waals surface area contributed by atoms with Crippen LogP contribution in [-0.2, 0) is 5.75 Å². The highest BCUT2D eigenvalue weighted by Gasteiger charge is 2.17. The van der Waals surface area contributed by atoms with Crippen LogP contribution >= 0.6 is 11.8 Å². The normalized spacial score (nSPS) is 11.0. The van der Waals surface area contributed by atoms with E-state index in [-0.39, 0.29) is 5.82 Å². The second-order valence-electron chi connectivity index (χ2n) is 6.53. The number of nitrogens with zero attached hydrogens (tertiary/aromatic N) is 4. The van der Waals surface area contributed by atoms with Crippen molar-refractivity contribution in [3.8, 4) is 17.1 Å². The summed E-state index contributed by atoms with van der Waals surface area (Å²) in [4.78, 5) is 4.09. The molecule has 0 amide bonds. The summed E-state index contributed by atoms with van der Waals surface area (Å²) in [6, 6.07) is 16.9. The van der Waals surface area contributed by atoms with E-state index in [4.69, 9.17) is 0 Å². The van der Waals surface area contributed by atoms with Gasteiger partial charge in [-0.1, -0.05) is 36.0 Å². The van der Waals surface area contributed by atoms with Crippen LogP contribution in [0.3, 0.4) is 0 Å². The monoisotopic (exact) mass is 390 g/mol. The highest BCUT2D eigenvalue weighted by atomic mass is 32.2. The molecule has 2 aromatic heterocycles. The SMILES string of the molecule is Cc1ccc(-n2c(SCc3ccccc3F)nnc2-c2ccncc2)cc1C. The first kappa shape index (κ1) is 18.4. The van der Waals surface area contributed by atoms with Crippen molar-refractivity contribution in [3.63, 3.8) is 0 Å². The van der Waals surface area contributed by atoms with Gasteiger partial charge >= 0.3 is 0 Å². The number of aryl methyl sites for hydroxylation is 2. The van der Waals surface area contributed by atoms with Gasteiger partial charge in [-0.3, -0.25) is 9.55 Å². The molecule has 0 aliphatic carbocycles. The molecule has 4 aromatic rings. The first-order valence-corrected chi connectivity index (χ1v) is 9.91. The standard InChI is InChI=1S/C22H19FN4S/c1-15-7-8-19(13-16(15)2)27-21(17-9-11-24-12-10-17)25-26-22(27)28-14-18-5-3-4-6-20(18)23/h3-13H,14H2,1-2H3. The minimum Gasteiger partial charge on any atom is -0.270 e. The van der Waals surface area contributed by atoms with Crippen molar-refractivity contribution in [1.82, 2.24) is 19.7 Å². The van der Waals surface area contributed by atoms with Crippen molar-refractivity contribution in [1.29, 1.82) is 0 Å². The number of pyridine rings is 1. The van der Waals surface area contributed by atoms with Crippen LogP contribution in [0.25, 0.3) is 17.1 Å². The first-order valence-electron chi connectivity index (χ1n) is 8.93. The molecule has 4 nitrogen and oxygen atoms in total. The quantitative estimate of drug-likeness (QED) is 0.429. The highest BCUT2D eigenvalue weighted by molar-refractivity contribution is 7.98. The summed E-state index contributed by atoms with van der Waals surface area (Å²) in [5.74, 6) is 1.01. The summed E-state index contributed by atoms with van der Waals surface area (Å²) in [6.07, 6.45) is 3.47. The molecule has 0 fully saturated rings. The zero-order chi connectivity index (χ0) is 19.5. The van der Waals surface area contributed by atoms with Crippen molar-refractivity contribution in [2.75, 3.05) is 0 Å². The Morgan fingerprint density at radius 3 is 2.46 bits per heavy atom. The van der Waals surface area contributed by atoms with Gasteiger partial charge in [0.05, 0.1) is 5.69 Å². The van der Waals surface area contributed by atoms with Gasteiger partial charge in [0.15, 0.2) is 11.0 Å². The van der Waals surface area contributed by atoms with Crippen LogP contribution in [-0.4, -0.2) is 19.7 Å². The Morgan fingerprint density at radius 2 is 1.71 bits per heavy atom. The maximum atomic E-state index is 14.0. The average molecular weight is 390 g/mol. The molecule has 28 heavy (non-hydrogen) atoms. The summed E-state index contributed by atoms with van der Waals surface area (Å²) in [7, 11) is 0. The lowest BCUT2D eigenvalue weighted by Gasteiger charge is -2.12. The third kappa shape index (κ3) is 3.68. The van der Waals surface area contributed by atoms with Gasteiger partial charge in [0.1, 0.15) is 5.82 Å². The molecule has 0 N–H and O–H groups in total. The van der Waals surface area contributed by atoms with Gasteiger partial charge in [0, 0.05) is 23.7 Å². The van der Waals surface area contributed by atoms with Crippen molar-refractivity contribution >= 4 is 11.8 Å². The third-order valence-electron chi connectivity index (χ3n) is 4.64. The van der Waals surface area contributed by atoms with E-state index in [1.165, 1.54) is 29.0 Å². The van der Waals surface area contributed by atoms with E-state index in [0.29, 0.717) is 11.3 Å². The van der Waals surface area contributed by atoms with Crippen LogP contribution in [0.5, 0.6) is 0 Å². The number of thioether (sulfide) groups is 1. The van der Waals surface area contributed by atoms with E-state index >= 15 is 0 Å². The molecule has 2 aromatic carbocycles. The Morgan fingerprint density at radius 1 is 0.929 bits per heavy atom. The van der Waals surface area contributed by atoms with Crippen LogP contribution in [0, 0.1) is 19.7 Å². The molecule has 0 atom stereocenters. The lowest BCUT2D eigenvalue weighted by molar-refractivity contribution is 0.617.